The summed E-state index contributed by atoms with van der Waals surface area (Å²) in [6.45, 7) is 5.35. The van der Waals surface area contributed by atoms with Crippen LogP contribution >= 0.6 is 11.8 Å². The largest absolute Gasteiger partial charge is 0.324 e. The molecule has 0 unspecified atom stereocenters. The highest BCUT2D eigenvalue weighted by molar-refractivity contribution is 7.99. The molecule has 5 heteroatoms. The molecule has 1 saturated heterocycles. The first-order valence-electron chi connectivity index (χ1n) is 10.9. The van der Waals surface area contributed by atoms with Gasteiger partial charge in [-0.05, 0) is 49.3 Å². The summed E-state index contributed by atoms with van der Waals surface area (Å²) in [6, 6.07) is 28.9. The molecule has 160 valence electrons. The van der Waals surface area contributed by atoms with E-state index in [0.29, 0.717) is 6.54 Å². The smallest absolute Gasteiger partial charge is 0.238 e. The van der Waals surface area contributed by atoms with Crippen molar-refractivity contribution < 1.29 is 4.79 Å². The van der Waals surface area contributed by atoms with E-state index in [-0.39, 0.29) is 5.91 Å². The van der Waals surface area contributed by atoms with Crippen LogP contribution in [0.2, 0.25) is 0 Å². The molecule has 31 heavy (non-hydrogen) atoms. The van der Waals surface area contributed by atoms with Gasteiger partial charge in [-0.3, -0.25) is 14.6 Å². The van der Waals surface area contributed by atoms with Crippen LogP contribution in [0.5, 0.6) is 0 Å². The predicted molar refractivity (Wildman–Crippen MR) is 128 cm³/mol. The quantitative estimate of drug-likeness (QED) is 0.572. The molecule has 4 nitrogen and oxygen atoms in total. The molecule has 1 aliphatic heterocycles. The maximum absolute atomic E-state index is 12.8. The Hall–Kier alpha value is -2.60. The van der Waals surface area contributed by atoms with Gasteiger partial charge in [-0.25, -0.2) is 0 Å². The lowest BCUT2D eigenvalue weighted by molar-refractivity contribution is -0.117. The monoisotopic (exact) mass is 431 g/mol. The maximum atomic E-state index is 12.8. The van der Waals surface area contributed by atoms with Crippen LogP contribution in [0.3, 0.4) is 0 Å². The Balaban J connectivity index is 1.30. The highest BCUT2D eigenvalue weighted by atomic mass is 32.2. The van der Waals surface area contributed by atoms with E-state index in [2.05, 4.69) is 63.6 Å². The third kappa shape index (κ3) is 6.69. The Morgan fingerprint density at radius 2 is 1.42 bits per heavy atom. The summed E-state index contributed by atoms with van der Waals surface area (Å²) in [7, 11) is 0. The van der Waals surface area contributed by atoms with Gasteiger partial charge in [0.15, 0.2) is 0 Å². The lowest BCUT2D eigenvalue weighted by atomic mass is 10.2. The lowest BCUT2D eigenvalue weighted by Crippen LogP contribution is -2.36. The molecule has 4 rings (SSSR count). The number of carbonyl (C=O) groups is 1. The van der Waals surface area contributed by atoms with Gasteiger partial charge in [-0.1, -0.05) is 72.4 Å². The van der Waals surface area contributed by atoms with E-state index in [0.717, 1.165) is 54.6 Å². The van der Waals surface area contributed by atoms with Crippen molar-refractivity contribution >= 4 is 23.4 Å². The molecule has 1 N–H and O–H groups in total. The minimum absolute atomic E-state index is 0.0534. The zero-order chi connectivity index (χ0) is 21.3. The second-order valence-corrected chi connectivity index (χ2v) is 8.97. The molecule has 0 aliphatic carbocycles. The average Bonchev–Trinajstić information content (AvgIpc) is 3.01. The topological polar surface area (TPSA) is 35.6 Å². The third-order valence-electron chi connectivity index (χ3n) is 5.43. The summed E-state index contributed by atoms with van der Waals surface area (Å²) in [5.41, 5.74) is 2.23. The molecular weight excluding hydrogens is 402 g/mol. The molecule has 0 aromatic heterocycles. The van der Waals surface area contributed by atoms with E-state index in [9.17, 15) is 4.79 Å². The number of hydrogen-bond acceptors (Lipinski definition) is 4. The van der Waals surface area contributed by atoms with Gasteiger partial charge in [0.05, 0.1) is 12.2 Å². The van der Waals surface area contributed by atoms with Crippen LogP contribution in [0.4, 0.5) is 5.69 Å². The molecule has 3 aromatic carbocycles. The summed E-state index contributed by atoms with van der Waals surface area (Å²) in [5, 5.41) is 3.13. The number of para-hydroxylation sites is 1. The Morgan fingerprint density at radius 3 is 2.23 bits per heavy atom. The molecule has 0 bridgehead atoms. The first-order valence-corrected chi connectivity index (χ1v) is 11.7. The highest BCUT2D eigenvalue weighted by Crippen LogP contribution is 2.33. The number of anilines is 1. The fourth-order valence-corrected chi connectivity index (χ4v) is 4.77. The van der Waals surface area contributed by atoms with Crippen molar-refractivity contribution in [3.05, 3.63) is 90.5 Å². The molecule has 1 fully saturated rings. The van der Waals surface area contributed by atoms with Crippen LogP contribution in [0, 0.1) is 0 Å². The van der Waals surface area contributed by atoms with E-state index >= 15 is 0 Å². The highest BCUT2D eigenvalue weighted by Gasteiger charge is 2.18. The van der Waals surface area contributed by atoms with Gasteiger partial charge in [-0.2, -0.15) is 0 Å². The van der Waals surface area contributed by atoms with Crippen molar-refractivity contribution in [2.24, 2.45) is 0 Å². The molecule has 0 spiro atoms. The summed E-state index contributed by atoms with van der Waals surface area (Å²) in [5.74, 6) is 0.0534. The third-order valence-corrected chi connectivity index (χ3v) is 6.51. The van der Waals surface area contributed by atoms with Crippen molar-refractivity contribution in [2.75, 3.05) is 38.0 Å². The maximum Gasteiger partial charge on any atom is 0.238 e. The Labute approximate surface area is 189 Å². The molecule has 0 atom stereocenters. The standard InChI is InChI=1S/C26H29N3OS/c30-26(27-24-14-7-8-15-25(24)31-23-12-5-2-6-13-23)21-29-17-9-16-28(18-19-29)20-22-10-3-1-4-11-22/h1-8,10-15H,9,16-21H2,(H,27,30). The van der Waals surface area contributed by atoms with Gasteiger partial charge in [0.25, 0.3) is 0 Å². The number of rotatable bonds is 7. The average molecular weight is 432 g/mol. The van der Waals surface area contributed by atoms with Crippen molar-refractivity contribution in [3.63, 3.8) is 0 Å². The zero-order valence-electron chi connectivity index (χ0n) is 17.7. The first-order chi connectivity index (χ1) is 15.3. The fourth-order valence-electron chi connectivity index (χ4n) is 3.85. The van der Waals surface area contributed by atoms with E-state index in [1.807, 2.05) is 36.4 Å². The van der Waals surface area contributed by atoms with Crippen LogP contribution in [0.1, 0.15) is 12.0 Å². The molecule has 0 saturated carbocycles. The van der Waals surface area contributed by atoms with E-state index in [1.165, 1.54) is 5.56 Å². The van der Waals surface area contributed by atoms with E-state index in [4.69, 9.17) is 0 Å². The number of carbonyl (C=O) groups excluding carboxylic acids is 1. The van der Waals surface area contributed by atoms with Crippen molar-refractivity contribution in [1.82, 2.24) is 9.80 Å². The van der Waals surface area contributed by atoms with E-state index < -0.39 is 0 Å². The van der Waals surface area contributed by atoms with Gasteiger partial charge < -0.3 is 5.32 Å². The normalized spacial score (nSPS) is 15.4. The second kappa shape index (κ2) is 11.1. The summed E-state index contributed by atoms with van der Waals surface area (Å²) < 4.78 is 0. The number of benzene rings is 3. The molecule has 1 amide bonds. The molecule has 1 heterocycles. The number of amides is 1. The minimum atomic E-state index is 0.0534. The second-order valence-electron chi connectivity index (χ2n) is 7.85. The van der Waals surface area contributed by atoms with Crippen LogP contribution in [-0.2, 0) is 11.3 Å². The first kappa shape index (κ1) is 21.6. The predicted octanol–water partition coefficient (Wildman–Crippen LogP) is 4.98. The molecule has 3 aromatic rings. The Kier molecular flexibility index (Phi) is 7.77. The molecule has 1 aliphatic rings. The summed E-state index contributed by atoms with van der Waals surface area (Å²) in [6.07, 6.45) is 1.08. The molecular formula is C26H29N3OS. The lowest BCUT2D eigenvalue weighted by Gasteiger charge is -2.21. The van der Waals surface area contributed by atoms with Crippen LogP contribution < -0.4 is 5.32 Å². The van der Waals surface area contributed by atoms with Gasteiger partial charge in [-0.15, -0.1) is 0 Å². The van der Waals surface area contributed by atoms with Crippen LogP contribution in [0.15, 0.2) is 94.7 Å². The van der Waals surface area contributed by atoms with Crippen molar-refractivity contribution in [3.8, 4) is 0 Å². The number of nitrogens with zero attached hydrogens (tertiary/aromatic N) is 2. The number of nitrogens with one attached hydrogen (secondary N) is 1. The number of hydrogen-bond donors (Lipinski definition) is 1. The zero-order valence-corrected chi connectivity index (χ0v) is 18.6. The molecule has 0 radical (unpaired) electrons. The van der Waals surface area contributed by atoms with Crippen molar-refractivity contribution in [2.45, 2.75) is 22.8 Å². The SMILES string of the molecule is O=C(CN1CCCN(Cc2ccccc2)CC1)Nc1ccccc1Sc1ccccc1. The minimum Gasteiger partial charge on any atom is -0.324 e. The van der Waals surface area contributed by atoms with Crippen LogP contribution in [0.25, 0.3) is 0 Å². The summed E-state index contributed by atoms with van der Waals surface area (Å²) >= 11 is 1.67. The Morgan fingerprint density at radius 1 is 0.774 bits per heavy atom. The van der Waals surface area contributed by atoms with Gasteiger partial charge >= 0.3 is 0 Å². The van der Waals surface area contributed by atoms with Crippen LogP contribution in [-0.4, -0.2) is 48.4 Å². The van der Waals surface area contributed by atoms with Crippen molar-refractivity contribution in [1.29, 1.82) is 0 Å². The van der Waals surface area contributed by atoms with Gasteiger partial charge in [0, 0.05) is 29.4 Å². The fraction of sp³-hybridized carbons (Fsp3) is 0.269. The summed E-state index contributed by atoms with van der Waals surface area (Å²) in [4.78, 5) is 19.8. The Bertz CT molecular complexity index is 965. The van der Waals surface area contributed by atoms with Gasteiger partial charge in [0.1, 0.15) is 0 Å². The van der Waals surface area contributed by atoms with Gasteiger partial charge in [0.2, 0.25) is 5.91 Å². The van der Waals surface area contributed by atoms with E-state index in [1.54, 1.807) is 11.8 Å².